The zero-order chi connectivity index (χ0) is 11.0. The van der Waals surface area contributed by atoms with Gasteiger partial charge in [-0.3, -0.25) is 4.79 Å². The van der Waals surface area contributed by atoms with E-state index in [-0.39, 0.29) is 5.78 Å². The van der Waals surface area contributed by atoms with E-state index >= 15 is 0 Å². The number of nitrogens with zero attached hydrogens (tertiary/aromatic N) is 1. The maximum Gasteiger partial charge on any atom is 0.159 e. The molecule has 0 aromatic heterocycles. The molecule has 1 aromatic rings. The molecule has 1 aliphatic heterocycles. The monoisotopic (exact) mass is 203 g/mol. The Balaban J connectivity index is 2.42. The number of carbonyl (C=O) groups is 1. The molecule has 1 heterocycles. The maximum absolute atomic E-state index is 11.3. The molecule has 0 saturated carbocycles. The second-order valence-corrected chi connectivity index (χ2v) is 4.44. The van der Waals surface area contributed by atoms with E-state index in [1.54, 1.807) is 6.92 Å². The molecule has 0 fully saturated rings. The molecule has 0 aliphatic carbocycles. The first-order chi connectivity index (χ1) is 7.09. The van der Waals surface area contributed by atoms with E-state index in [4.69, 9.17) is 0 Å². The molecular formula is C13H17NO. The Bertz CT molecular complexity index is 396. The molecule has 2 rings (SSSR count). The van der Waals surface area contributed by atoms with Crippen molar-refractivity contribution >= 4 is 11.5 Å². The summed E-state index contributed by atoms with van der Waals surface area (Å²) in [5.74, 6) is 0.147. The molecule has 0 saturated heterocycles. The quantitative estimate of drug-likeness (QED) is 0.689. The minimum Gasteiger partial charge on any atom is -0.369 e. The number of benzene rings is 1. The van der Waals surface area contributed by atoms with Gasteiger partial charge in [0.2, 0.25) is 0 Å². The summed E-state index contributed by atoms with van der Waals surface area (Å²) in [7, 11) is 0. The van der Waals surface area contributed by atoms with Gasteiger partial charge < -0.3 is 4.90 Å². The molecule has 0 amide bonds. The molecular weight excluding hydrogens is 186 g/mol. The van der Waals surface area contributed by atoms with Gasteiger partial charge in [-0.25, -0.2) is 0 Å². The van der Waals surface area contributed by atoms with E-state index in [1.807, 2.05) is 12.1 Å². The molecule has 0 spiro atoms. The van der Waals surface area contributed by atoms with Crippen LogP contribution in [0.4, 0.5) is 5.69 Å². The summed E-state index contributed by atoms with van der Waals surface area (Å²) in [5.41, 5.74) is 3.44. The number of Topliss-reactive ketones (excluding diaryl/α,β-unsaturated/α-hetero) is 1. The zero-order valence-corrected chi connectivity index (χ0v) is 9.58. The lowest BCUT2D eigenvalue weighted by Gasteiger charge is -2.24. The maximum atomic E-state index is 11.3. The van der Waals surface area contributed by atoms with Crippen molar-refractivity contribution in [3.63, 3.8) is 0 Å². The third-order valence-electron chi connectivity index (χ3n) is 3.05. The fourth-order valence-corrected chi connectivity index (χ4v) is 2.16. The van der Waals surface area contributed by atoms with Crippen LogP contribution in [0.25, 0.3) is 0 Å². The molecule has 0 atom stereocenters. The van der Waals surface area contributed by atoms with E-state index in [1.165, 1.54) is 11.3 Å². The van der Waals surface area contributed by atoms with Crippen molar-refractivity contribution in [2.75, 3.05) is 11.4 Å². The van der Waals surface area contributed by atoms with Crippen molar-refractivity contribution in [2.45, 2.75) is 33.2 Å². The van der Waals surface area contributed by atoms with Crippen LogP contribution in [-0.2, 0) is 6.42 Å². The second-order valence-electron chi connectivity index (χ2n) is 4.44. The van der Waals surface area contributed by atoms with E-state index in [2.05, 4.69) is 24.8 Å². The first kappa shape index (κ1) is 10.2. The van der Waals surface area contributed by atoms with Crippen molar-refractivity contribution in [1.82, 2.24) is 0 Å². The van der Waals surface area contributed by atoms with Crippen LogP contribution in [0.15, 0.2) is 18.2 Å². The number of carbonyl (C=O) groups excluding carboxylic acids is 1. The standard InChI is InChI=1S/C13H17NO/c1-9(2)14-7-6-11-4-5-12(10(3)15)8-13(11)14/h4-5,8-9H,6-7H2,1-3H3. The SMILES string of the molecule is CC(=O)c1ccc2c(c1)N(C(C)C)CC2. The lowest BCUT2D eigenvalue weighted by molar-refractivity contribution is 0.101. The summed E-state index contributed by atoms with van der Waals surface area (Å²) in [6.45, 7) is 7.08. The van der Waals surface area contributed by atoms with Crippen LogP contribution >= 0.6 is 0 Å². The number of hydrogen-bond donors (Lipinski definition) is 0. The number of fused-ring (bicyclic) bond motifs is 1. The summed E-state index contributed by atoms with van der Waals surface area (Å²) < 4.78 is 0. The number of rotatable bonds is 2. The van der Waals surface area contributed by atoms with Crippen LogP contribution in [0.3, 0.4) is 0 Å². The van der Waals surface area contributed by atoms with Crippen molar-refractivity contribution in [3.8, 4) is 0 Å². The van der Waals surface area contributed by atoms with E-state index in [9.17, 15) is 4.79 Å². The fraction of sp³-hybridized carbons (Fsp3) is 0.462. The Kier molecular flexibility index (Phi) is 2.51. The molecule has 2 nitrogen and oxygen atoms in total. The zero-order valence-electron chi connectivity index (χ0n) is 9.58. The van der Waals surface area contributed by atoms with Gasteiger partial charge in [-0.05, 0) is 38.8 Å². The third kappa shape index (κ3) is 1.76. The lowest BCUT2D eigenvalue weighted by Crippen LogP contribution is -2.28. The summed E-state index contributed by atoms with van der Waals surface area (Å²) in [6.07, 6.45) is 1.10. The average Bonchev–Trinajstić information content (AvgIpc) is 2.59. The number of anilines is 1. The van der Waals surface area contributed by atoms with Gasteiger partial charge in [0, 0.05) is 23.8 Å². The first-order valence-corrected chi connectivity index (χ1v) is 5.50. The minimum atomic E-state index is 0.147. The lowest BCUT2D eigenvalue weighted by atomic mass is 10.1. The largest absolute Gasteiger partial charge is 0.369 e. The Morgan fingerprint density at radius 3 is 2.73 bits per heavy atom. The predicted molar refractivity (Wildman–Crippen MR) is 62.6 cm³/mol. The van der Waals surface area contributed by atoms with Gasteiger partial charge in [0.15, 0.2) is 5.78 Å². The molecule has 1 aromatic carbocycles. The highest BCUT2D eigenvalue weighted by atomic mass is 16.1. The van der Waals surface area contributed by atoms with Crippen molar-refractivity contribution in [3.05, 3.63) is 29.3 Å². The Morgan fingerprint density at radius 2 is 2.13 bits per heavy atom. The molecule has 80 valence electrons. The summed E-state index contributed by atoms with van der Waals surface area (Å²) in [6, 6.07) is 6.57. The summed E-state index contributed by atoms with van der Waals surface area (Å²) in [5, 5.41) is 0. The predicted octanol–water partition coefficient (Wildman–Crippen LogP) is 2.66. The number of hydrogen-bond acceptors (Lipinski definition) is 2. The van der Waals surface area contributed by atoms with Gasteiger partial charge >= 0.3 is 0 Å². The third-order valence-corrected chi connectivity index (χ3v) is 3.05. The molecule has 2 heteroatoms. The molecule has 0 radical (unpaired) electrons. The Labute approximate surface area is 90.9 Å². The van der Waals surface area contributed by atoms with Crippen LogP contribution < -0.4 is 4.90 Å². The topological polar surface area (TPSA) is 20.3 Å². The average molecular weight is 203 g/mol. The molecule has 1 aliphatic rings. The molecule has 0 bridgehead atoms. The van der Waals surface area contributed by atoms with Crippen LogP contribution in [0.5, 0.6) is 0 Å². The minimum absolute atomic E-state index is 0.147. The normalized spacial score (nSPS) is 14.5. The van der Waals surface area contributed by atoms with Gasteiger partial charge in [-0.15, -0.1) is 0 Å². The molecule has 0 N–H and O–H groups in total. The highest BCUT2D eigenvalue weighted by molar-refractivity contribution is 5.95. The van der Waals surface area contributed by atoms with Gasteiger partial charge in [-0.1, -0.05) is 12.1 Å². The molecule has 15 heavy (non-hydrogen) atoms. The van der Waals surface area contributed by atoms with E-state index < -0.39 is 0 Å². The van der Waals surface area contributed by atoms with Crippen LogP contribution in [-0.4, -0.2) is 18.4 Å². The second kappa shape index (κ2) is 3.69. The molecule has 0 unspecified atom stereocenters. The van der Waals surface area contributed by atoms with Gasteiger partial charge in [0.1, 0.15) is 0 Å². The Morgan fingerprint density at radius 1 is 1.40 bits per heavy atom. The summed E-state index contributed by atoms with van der Waals surface area (Å²) in [4.78, 5) is 13.7. The van der Waals surface area contributed by atoms with E-state index in [0.29, 0.717) is 6.04 Å². The van der Waals surface area contributed by atoms with Crippen molar-refractivity contribution in [2.24, 2.45) is 0 Å². The van der Waals surface area contributed by atoms with Gasteiger partial charge in [-0.2, -0.15) is 0 Å². The van der Waals surface area contributed by atoms with Gasteiger partial charge in [0.25, 0.3) is 0 Å². The fourth-order valence-electron chi connectivity index (χ4n) is 2.16. The van der Waals surface area contributed by atoms with Crippen LogP contribution in [0.2, 0.25) is 0 Å². The van der Waals surface area contributed by atoms with E-state index in [0.717, 1.165) is 18.5 Å². The van der Waals surface area contributed by atoms with Crippen molar-refractivity contribution < 1.29 is 4.79 Å². The van der Waals surface area contributed by atoms with Crippen LogP contribution in [0.1, 0.15) is 36.7 Å². The highest BCUT2D eigenvalue weighted by Gasteiger charge is 2.21. The number of ketones is 1. The first-order valence-electron chi connectivity index (χ1n) is 5.50. The van der Waals surface area contributed by atoms with Crippen LogP contribution in [0, 0.1) is 0 Å². The highest BCUT2D eigenvalue weighted by Crippen LogP contribution is 2.30. The van der Waals surface area contributed by atoms with Crippen molar-refractivity contribution in [1.29, 1.82) is 0 Å². The summed E-state index contributed by atoms with van der Waals surface area (Å²) >= 11 is 0. The Hall–Kier alpha value is -1.31. The smallest absolute Gasteiger partial charge is 0.159 e. The van der Waals surface area contributed by atoms with Gasteiger partial charge in [0.05, 0.1) is 0 Å².